The van der Waals surface area contributed by atoms with E-state index < -0.39 is 30.0 Å². The Kier molecular flexibility index (Phi) is 6.28. The monoisotopic (exact) mass is 336 g/mol. The summed E-state index contributed by atoms with van der Waals surface area (Å²) in [6, 6.07) is 8.08. The lowest BCUT2D eigenvalue weighted by Crippen LogP contribution is -2.53. The topological polar surface area (TPSA) is 119 Å². The molecule has 1 aromatic rings. The highest BCUT2D eigenvalue weighted by molar-refractivity contribution is 5.87. The Morgan fingerprint density at radius 2 is 2.04 bits per heavy atom. The Morgan fingerprint density at radius 3 is 2.71 bits per heavy atom. The van der Waals surface area contributed by atoms with Gasteiger partial charge < -0.3 is 25.2 Å². The van der Waals surface area contributed by atoms with Crippen LogP contribution in [0.25, 0.3) is 0 Å². The number of nitrogens with two attached hydrogens (primary N) is 1. The molecule has 1 aromatic carbocycles. The third-order valence-corrected chi connectivity index (χ3v) is 3.60. The average Bonchev–Trinajstić information content (AvgIpc) is 2.60. The Morgan fingerprint density at radius 1 is 1.33 bits per heavy atom. The second-order valence-corrected chi connectivity index (χ2v) is 5.44. The molecule has 8 nitrogen and oxygen atoms in total. The molecule has 1 amide bonds. The third kappa shape index (κ3) is 5.04. The number of carboxylic acids is 1. The lowest BCUT2D eigenvalue weighted by molar-refractivity contribution is -0.160. The lowest BCUT2D eigenvalue weighted by atomic mass is 10.1. The van der Waals surface area contributed by atoms with Gasteiger partial charge in [-0.15, -0.1) is 0 Å². The third-order valence-electron chi connectivity index (χ3n) is 3.60. The van der Waals surface area contributed by atoms with E-state index in [1.54, 1.807) is 0 Å². The summed E-state index contributed by atoms with van der Waals surface area (Å²) in [4.78, 5) is 36.2. The van der Waals surface area contributed by atoms with E-state index in [9.17, 15) is 14.4 Å². The lowest BCUT2D eigenvalue weighted by Gasteiger charge is -2.32. The quantitative estimate of drug-likeness (QED) is 0.688. The molecule has 0 spiro atoms. The van der Waals surface area contributed by atoms with Crippen LogP contribution >= 0.6 is 0 Å². The number of amides is 1. The summed E-state index contributed by atoms with van der Waals surface area (Å²) in [5, 5.41) is 8.93. The number of benzene rings is 1. The molecule has 1 saturated heterocycles. The molecule has 0 aliphatic carbocycles. The molecule has 1 aliphatic heterocycles. The predicted octanol–water partition coefficient (Wildman–Crippen LogP) is -0.241. The smallest absolute Gasteiger partial charge is 0.334 e. The maximum atomic E-state index is 12.2. The Labute approximate surface area is 139 Å². The highest BCUT2D eigenvalue weighted by atomic mass is 16.5. The highest BCUT2D eigenvalue weighted by Crippen LogP contribution is 2.09. The van der Waals surface area contributed by atoms with Crippen molar-refractivity contribution in [2.75, 3.05) is 19.7 Å². The Balaban J connectivity index is 1.80. The predicted molar refractivity (Wildman–Crippen MR) is 82.8 cm³/mol. The molecule has 3 N–H and O–H groups in total. The van der Waals surface area contributed by atoms with E-state index in [2.05, 4.69) is 0 Å². The van der Waals surface area contributed by atoms with E-state index in [1.165, 1.54) is 4.90 Å². The molecule has 8 heteroatoms. The van der Waals surface area contributed by atoms with Crippen LogP contribution in [-0.2, 0) is 30.5 Å². The van der Waals surface area contributed by atoms with Gasteiger partial charge in [0.05, 0.1) is 25.6 Å². The molecule has 2 atom stereocenters. The van der Waals surface area contributed by atoms with Crippen molar-refractivity contribution in [3.05, 3.63) is 35.9 Å². The zero-order valence-corrected chi connectivity index (χ0v) is 13.1. The van der Waals surface area contributed by atoms with Crippen LogP contribution in [0.5, 0.6) is 0 Å². The van der Waals surface area contributed by atoms with Gasteiger partial charge in [0.2, 0.25) is 5.91 Å². The van der Waals surface area contributed by atoms with Gasteiger partial charge in [-0.25, -0.2) is 4.79 Å². The molecule has 0 saturated carbocycles. The number of hydrogen-bond acceptors (Lipinski definition) is 6. The van der Waals surface area contributed by atoms with Crippen LogP contribution in [0.15, 0.2) is 30.3 Å². The van der Waals surface area contributed by atoms with E-state index in [4.69, 9.17) is 20.3 Å². The van der Waals surface area contributed by atoms with Crippen molar-refractivity contribution < 1.29 is 29.0 Å². The highest BCUT2D eigenvalue weighted by Gasteiger charge is 2.32. The Hall–Kier alpha value is -2.45. The average molecular weight is 336 g/mol. The number of carboxylic acid groups (broad SMARTS) is 1. The summed E-state index contributed by atoms with van der Waals surface area (Å²) in [6.45, 7) is 0.392. The van der Waals surface area contributed by atoms with E-state index >= 15 is 0 Å². The first-order valence-corrected chi connectivity index (χ1v) is 7.55. The minimum atomic E-state index is -1.14. The molecule has 2 rings (SSSR count). The van der Waals surface area contributed by atoms with Gasteiger partial charge in [0, 0.05) is 6.54 Å². The fraction of sp³-hybridized carbons (Fsp3) is 0.438. The number of carbonyl (C=O) groups excluding carboxylic acids is 2. The SMILES string of the molecule is N[C@@H](CC(=O)OCc1ccccc1)C(=O)N1CCOC(C(=O)O)C1. The summed E-state index contributed by atoms with van der Waals surface area (Å²) in [5.74, 6) is -2.20. The number of rotatable bonds is 6. The minimum absolute atomic E-state index is 0.0824. The molecule has 24 heavy (non-hydrogen) atoms. The number of carbonyl (C=O) groups is 3. The number of esters is 1. The fourth-order valence-electron chi connectivity index (χ4n) is 2.30. The van der Waals surface area contributed by atoms with Crippen molar-refractivity contribution in [1.82, 2.24) is 4.90 Å². The zero-order chi connectivity index (χ0) is 17.5. The second-order valence-electron chi connectivity index (χ2n) is 5.44. The molecule has 0 bridgehead atoms. The molecule has 130 valence electrons. The van der Waals surface area contributed by atoms with Crippen LogP contribution in [0.4, 0.5) is 0 Å². The van der Waals surface area contributed by atoms with Crippen LogP contribution in [0.2, 0.25) is 0 Å². The second kappa shape index (κ2) is 8.42. The van der Waals surface area contributed by atoms with Gasteiger partial charge in [-0.3, -0.25) is 9.59 Å². The number of hydrogen-bond donors (Lipinski definition) is 2. The summed E-state index contributed by atoms with van der Waals surface area (Å²) < 4.78 is 10.1. The Bertz CT molecular complexity index is 591. The standard InChI is InChI=1S/C16H20N2O6/c17-12(8-14(19)24-10-11-4-2-1-3-5-11)15(20)18-6-7-23-13(9-18)16(21)22/h1-5,12-13H,6-10,17H2,(H,21,22)/t12-,13?/m0/s1. The van der Waals surface area contributed by atoms with Gasteiger partial charge >= 0.3 is 11.9 Å². The maximum Gasteiger partial charge on any atom is 0.334 e. The summed E-state index contributed by atoms with van der Waals surface area (Å²) in [7, 11) is 0. The molecular weight excluding hydrogens is 316 g/mol. The van der Waals surface area contributed by atoms with E-state index in [-0.39, 0.29) is 32.7 Å². The number of ether oxygens (including phenoxy) is 2. The molecule has 0 aromatic heterocycles. The molecule has 1 unspecified atom stereocenters. The van der Waals surface area contributed by atoms with Gasteiger partial charge in [0.15, 0.2) is 6.10 Å². The molecule has 1 fully saturated rings. The normalized spacial score (nSPS) is 18.7. The number of aliphatic carboxylic acids is 1. The molecule has 1 heterocycles. The molecule has 0 radical (unpaired) electrons. The largest absolute Gasteiger partial charge is 0.479 e. The van der Waals surface area contributed by atoms with Crippen LogP contribution in [0.3, 0.4) is 0 Å². The zero-order valence-electron chi connectivity index (χ0n) is 13.1. The van der Waals surface area contributed by atoms with Crippen LogP contribution in [0.1, 0.15) is 12.0 Å². The van der Waals surface area contributed by atoms with E-state index in [1.807, 2.05) is 30.3 Å². The number of nitrogens with zero attached hydrogens (tertiary/aromatic N) is 1. The van der Waals surface area contributed by atoms with Crippen molar-refractivity contribution in [3.8, 4) is 0 Å². The minimum Gasteiger partial charge on any atom is -0.479 e. The van der Waals surface area contributed by atoms with E-state index in [0.717, 1.165) is 5.56 Å². The summed E-state index contributed by atoms with van der Waals surface area (Å²) in [6.07, 6.45) is -1.33. The van der Waals surface area contributed by atoms with Gasteiger partial charge in [0.25, 0.3) is 0 Å². The first-order chi connectivity index (χ1) is 11.5. The summed E-state index contributed by atoms with van der Waals surface area (Å²) >= 11 is 0. The van der Waals surface area contributed by atoms with Crippen LogP contribution in [-0.4, -0.2) is 59.7 Å². The molecular formula is C16H20N2O6. The first-order valence-electron chi connectivity index (χ1n) is 7.55. The van der Waals surface area contributed by atoms with Crippen molar-refractivity contribution in [2.45, 2.75) is 25.2 Å². The van der Waals surface area contributed by atoms with Crippen molar-refractivity contribution in [1.29, 1.82) is 0 Å². The van der Waals surface area contributed by atoms with Gasteiger partial charge in [-0.05, 0) is 5.56 Å². The van der Waals surface area contributed by atoms with Gasteiger partial charge in [0.1, 0.15) is 6.61 Å². The maximum absolute atomic E-state index is 12.2. The van der Waals surface area contributed by atoms with Gasteiger partial charge in [-0.1, -0.05) is 30.3 Å². The van der Waals surface area contributed by atoms with Crippen molar-refractivity contribution in [3.63, 3.8) is 0 Å². The van der Waals surface area contributed by atoms with Gasteiger partial charge in [-0.2, -0.15) is 0 Å². The van der Waals surface area contributed by atoms with Crippen molar-refractivity contribution >= 4 is 17.8 Å². The fourth-order valence-corrected chi connectivity index (χ4v) is 2.30. The van der Waals surface area contributed by atoms with Crippen molar-refractivity contribution in [2.24, 2.45) is 5.73 Å². The van der Waals surface area contributed by atoms with Crippen LogP contribution in [0, 0.1) is 0 Å². The first kappa shape index (κ1) is 17.9. The van der Waals surface area contributed by atoms with Crippen LogP contribution < -0.4 is 5.73 Å². The number of morpholine rings is 1. The van der Waals surface area contributed by atoms with E-state index in [0.29, 0.717) is 0 Å². The molecule has 1 aliphatic rings. The summed E-state index contributed by atoms with van der Waals surface area (Å²) in [5.41, 5.74) is 6.60.